The van der Waals surface area contributed by atoms with E-state index in [9.17, 15) is 23.3 Å². The Balaban J connectivity index is 2.56. The number of carbonyl (C=O) groups is 1. The third kappa shape index (κ3) is 2.99. The summed E-state index contributed by atoms with van der Waals surface area (Å²) in [4.78, 5) is 21.2. The number of esters is 1. The van der Waals surface area contributed by atoms with Crippen LogP contribution in [0.4, 0.5) is 11.5 Å². The summed E-state index contributed by atoms with van der Waals surface area (Å²) in [5, 5.41) is 14.5. The highest BCUT2D eigenvalue weighted by atomic mass is 32.2. The molecule has 10 nitrogen and oxygen atoms in total. The van der Waals surface area contributed by atoms with Crippen molar-refractivity contribution >= 4 is 27.5 Å². The molecule has 0 unspecified atom stereocenters. The Hall–Kier alpha value is -2.95. The third-order valence-electron chi connectivity index (χ3n) is 2.80. The number of rotatable bonds is 5. The molecule has 23 heavy (non-hydrogen) atoms. The Morgan fingerprint density at radius 3 is 2.70 bits per heavy atom. The van der Waals surface area contributed by atoms with Gasteiger partial charge in [0.05, 0.1) is 17.7 Å². The van der Waals surface area contributed by atoms with Gasteiger partial charge in [0.25, 0.3) is 15.7 Å². The maximum atomic E-state index is 12.5. The van der Waals surface area contributed by atoms with Gasteiger partial charge in [-0.2, -0.15) is 12.5 Å². The monoisotopic (exact) mass is 340 g/mol. The van der Waals surface area contributed by atoms with Gasteiger partial charge < -0.3 is 10.5 Å². The van der Waals surface area contributed by atoms with E-state index in [0.29, 0.717) is 4.09 Å². The largest absolute Gasteiger partial charge is 0.462 e. The minimum atomic E-state index is -4.39. The first-order chi connectivity index (χ1) is 10.8. The lowest BCUT2D eigenvalue weighted by Crippen LogP contribution is -2.15. The van der Waals surface area contributed by atoms with Gasteiger partial charge in [-0.15, -0.1) is 5.10 Å². The van der Waals surface area contributed by atoms with Crippen LogP contribution < -0.4 is 5.73 Å². The maximum absolute atomic E-state index is 12.5. The van der Waals surface area contributed by atoms with Crippen molar-refractivity contribution in [3.8, 4) is 0 Å². The molecule has 1 aromatic heterocycles. The number of ether oxygens (including phenoxy) is 1. The molecule has 0 aliphatic heterocycles. The first kappa shape index (κ1) is 16.4. The molecule has 11 heteroatoms. The van der Waals surface area contributed by atoms with Crippen molar-refractivity contribution in [1.82, 2.24) is 9.19 Å². The minimum absolute atomic E-state index is 0.0698. The first-order valence-electron chi connectivity index (χ1n) is 6.30. The number of carbonyl (C=O) groups excluding carboxylic acids is 1. The maximum Gasteiger partial charge on any atom is 0.343 e. The van der Waals surface area contributed by atoms with Gasteiger partial charge in [-0.1, -0.05) is 12.1 Å². The predicted octanol–water partition coefficient (Wildman–Crippen LogP) is 0.787. The Morgan fingerprint density at radius 1 is 1.43 bits per heavy atom. The SMILES string of the molecule is CCOC(=O)c1cn(S(=O)(=O)c2ccccc2[N+](=O)[O-])nc1N. The van der Waals surface area contributed by atoms with Crippen molar-refractivity contribution in [3.05, 3.63) is 46.1 Å². The molecule has 2 aromatic rings. The van der Waals surface area contributed by atoms with Crippen LogP contribution in [0.25, 0.3) is 0 Å². The number of nitrogens with two attached hydrogens (primary N) is 1. The fourth-order valence-electron chi connectivity index (χ4n) is 1.78. The lowest BCUT2D eigenvalue weighted by atomic mass is 10.3. The van der Waals surface area contributed by atoms with Crippen LogP contribution in [0.1, 0.15) is 17.3 Å². The fourth-order valence-corrected chi connectivity index (χ4v) is 3.08. The molecule has 0 atom stereocenters. The van der Waals surface area contributed by atoms with Gasteiger partial charge in [-0.05, 0) is 13.0 Å². The smallest absolute Gasteiger partial charge is 0.343 e. The number of para-hydroxylation sites is 1. The molecule has 2 rings (SSSR count). The van der Waals surface area contributed by atoms with Crippen LogP contribution in [0.3, 0.4) is 0 Å². The molecule has 0 radical (unpaired) electrons. The molecule has 0 saturated heterocycles. The lowest BCUT2D eigenvalue weighted by molar-refractivity contribution is -0.387. The highest BCUT2D eigenvalue weighted by Gasteiger charge is 2.29. The number of nitrogen functional groups attached to an aromatic ring is 1. The second kappa shape index (κ2) is 6.04. The zero-order valence-electron chi connectivity index (χ0n) is 11.9. The van der Waals surface area contributed by atoms with Gasteiger partial charge in [0.2, 0.25) is 0 Å². The molecular weight excluding hydrogens is 328 g/mol. The average Bonchev–Trinajstić information content (AvgIpc) is 2.90. The summed E-state index contributed by atoms with van der Waals surface area (Å²) < 4.78 is 30.1. The number of hydrogen-bond acceptors (Lipinski definition) is 8. The van der Waals surface area contributed by atoms with Crippen molar-refractivity contribution in [2.24, 2.45) is 0 Å². The van der Waals surface area contributed by atoms with Crippen LogP contribution in [0.15, 0.2) is 35.4 Å². The zero-order valence-corrected chi connectivity index (χ0v) is 12.7. The number of aromatic nitrogens is 2. The number of hydrogen-bond donors (Lipinski definition) is 1. The van der Waals surface area contributed by atoms with E-state index in [1.54, 1.807) is 6.92 Å². The van der Waals surface area contributed by atoms with E-state index in [0.717, 1.165) is 18.3 Å². The Kier molecular flexibility index (Phi) is 4.31. The molecule has 0 bridgehead atoms. The fraction of sp³-hybridized carbons (Fsp3) is 0.167. The Bertz CT molecular complexity index is 873. The molecule has 122 valence electrons. The standard InChI is InChI=1S/C12H12N4O6S/c1-2-22-12(17)8-7-15(14-11(8)13)23(20,21)10-6-4-3-5-9(10)16(18)19/h3-7H,2H2,1H3,(H2,13,14). The Morgan fingerprint density at radius 2 is 2.09 bits per heavy atom. The van der Waals surface area contributed by atoms with Crippen molar-refractivity contribution in [1.29, 1.82) is 0 Å². The lowest BCUT2D eigenvalue weighted by Gasteiger charge is -2.04. The molecule has 1 aromatic carbocycles. The Labute approximate surface area is 130 Å². The summed E-state index contributed by atoms with van der Waals surface area (Å²) in [5.41, 5.74) is 4.66. The van der Waals surface area contributed by atoms with Crippen LogP contribution in [-0.2, 0) is 14.8 Å². The second-order valence-corrected chi connectivity index (χ2v) is 6.01. The van der Waals surface area contributed by atoms with Crippen LogP contribution >= 0.6 is 0 Å². The molecule has 0 saturated carbocycles. The molecule has 1 heterocycles. The summed E-state index contributed by atoms with van der Waals surface area (Å²) in [7, 11) is -4.39. The molecule has 0 fully saturated rings. The average molecular weight is 340 g/mol. The van der Waals surface area contributed by atoms with Crippen LogP contribution in [-0.4, -0.2) is 35.1 Å². The van der Waals surface area contributed by atoms with E-state index < -0.39 is 31.5 Å². The highest BCUT2D eigenvalue weighted by molar-refractivity contribution is 7.90. The van der Waals surface area contributed by atoms with Gasteiger partial charge >= 0.3 is 5.97 Å². The van der Waals surface area contributed by atoms with Gasteiger partial charge in [-0.3, -0.25) is 10.1 Å². The highest BCUT2D eigenvalue weighted by Crippen LogP contribution is 2.25. The molecule has 0 spiro atoms. The summed E-state index contributed by atoms with van der Waals surface area (Å²) >= 11 is 0. The normalized spacial score (nSPS) is 11.2. The third-order valence-corrected chi connectivity index (χ3v) is 4.38. The van der Waals surface area contributed by atoms with Crippen LogP contribution in [0, 0.1) is 10.1 Å². The number of benzene rings is 1. The predicted molar refractivity (Wildman–Crippen MR) is 78.3 cm³/mol. The van der Waals surface area contributed by atoms with E-state index >= 15 is 0 Å². The number of nitrogens with zero attached hydrogens (tertiary/aromatic N) is 3. The van der Waals surface area contributed by atoms with Gasteiger partial charge in [0.1, 0.15) is 5.56 Å². The summed E-state index contributed by atoms with van der Waals surface area (Å²) in [6, 6.07) is 4.78. The molecule has 0 aliphatic carbocycles. The topological polar surface area (TPSA) is 147 Å². The van der Waals surface area contributed by atoms with E-state index in [1.807, 2.05) is 0 Å². The van der Waals surface area contributed by atoms with Crippen LogP contribution in [0.2, 0.25) is 0 Å². The number of nitro groups is 1. The summed E-state index contributed by atoms with van der Waals surface area (Å²) in [6.45, 7) is 1.64. The quantitative estimate of drug-likeness (QED) is 0.477. The second-order valence-electron chi connectivity index (χ2n) is 4.25. The van der Waals surface area contributed by atoms with E-state index in [2.05, 4.69) is 5.10 Å². The summed E-state index contributed by atoms with van der Waals surface area (Å²) in [6.07, 6.45) is 0.861. The molecular formula is C12H12N4O6S. The van der Waals surface area contributed by atoms with E-state index in [-0.39, 0.29) is 18.0 Å². The van der Waals surface area contributed by atoms with Gasteiger partial charge in [0.15, 0.2) is 10.7 Å². The molecule has 0 amide bonds. The van der Waals surface area contributed by atoms with Crippen LogP contribution in [0.5, 0.6) is 0 Å². The minimum Gasteiger partial charge on any atom is -0.462 e. The first-order valence-corrected chi connectivity index (χ1v) is 7.74. The van der Waals surface area contributed by atoms with Gasteiger partial charge in [-0.25, -0.2) is 4.79 Å². The summed E-state index contributed by atoms with van der Waals surface area (Å²) in [5.74, 6) is -1.19. The zero-order chi connectivity index (χ0) is 17.2. The molecule has 2 N–H and O–H groups in total. The van der Waals surface area contributed by atoms with Crippen molar-refractivity contribution in [2.45, 2.75) is 11.8 Å². The van der Waals surface area contributed by atoms with Crippen molar-refractivity contribution in [3.63, 3.8) is 0 Å². The van der Waals surface area contributed by atoms with Gasteiger partial charge in [0, 0.05) is 6.07 Å². The number of nitro benzene ring substituents is 1. The van der Waals surface area contributed by atoms with E-state index in [4.69, 9.17) is 10.5 Å². The van der Waals surface area contributed by atoms with Crippen molar-refractivity contribution in [2.75, 3.05) is 12.3 Å². The molecule has 0 aliphatic rings. The number of anilines is 1. The van der Waals surface area contributed by atoms with Crippen molar-refractivity contribution < 1.29 is 22.9 Å². The van der Waals surface area contributed by atoms with E-state index in [1.165, 1.54) is 12.1 Å².